The molecule has 2 heteroatoms. The fraction of sp³-hybridized carbons (Fsp3) is 1.00. The van der Waals surface area contributed by atoms with E-state index < -0.39 is 0 Å². The van der Waals surface area contributed by atoms with E-state index in [2.05, 4.69) is 11.8 Å². The highest BCUT2D eigenvalue weighted by Crippen LogP contribution is 2.13. The molecule has 1 nitrogen and oxygen atoms in total. The van der Waals surface area contributed by atoms with Crippen molar-refractivity contribution in [3.8, 4) is 0 Å². The van der Waals surface area contributed by atoms with Crippen LogP contribution in [0, 0.1) is 0 Å². The number of nitrogens with zero attached hydrogens (tertiary/aromatic N) is 1. The molecule has 0 aliphatic carbocycles. The molecule has 1 heterocycles. The Labute approximate surface area is 68.4 Å². The first-order valence-electron chi connectivity index (χ1n) is 4.14. The van der Waals surface area contributed by atoms with Gasteiger partial charge in [0, 0.05) is 11.9 Å². The number of alkyl halides is 1. The molecule has 0 bridgehead atoms. The molecule has 0 saturated carbocycles. The molecule has 0 unspecified atom stereocenters. The van der Waals surface area contributed by atoms with E-state index in [1.807, 2.05) is 0 Å². The number of hydrogen-bond donors (Lipinski definition) is 0. The third-order valence-electron chi connectivity index (χ3n) is 2.29. The van der Waals surface area contributed by atoms with E-state index in [1.165, 1.54) is 25.9 Å². The second-order valence-corrected chi connectivity index (χ2v) is 3.45. The molecule has 1 aliphatic rings. The molecule has 1 aliphatic heterocycles. The molecule has 0 aromatic carbocycles. The summed E-state index contributed by atoms with van der Waals surface area (Å²) >= 11 is 5.65. The third kappa shape index (κ3) is 2.14. The van der Waals surface area contributed by atoms with Crippen molar-refractivity contribution in [1.29, 1.82) is 0 Å². The van der Waals surface area contributed by atoms with Gasteiger partial charge in [-0.25, -0.2) is 0 Å². The topological polar surface area (TPSA) is 3.24 Å². The van der Waals surface area contributed by atoms with E-state index in [4.69, 9.17) is 11.6 Å². The van der Waals surface area contributed by atoms with Crippen LogP contribution in [0.2, 0.25) is 0 Å². The molecular weight excluding hydrogens is 146 g/mol. The summed E-state index contributed by atoms with van der Waals surface area (Å²) in [6, 6.07) is 0.708. The first-order valence-corrected chi connectivity index (χ1v) is 4.68. The molecule has 0 radical (unpaired) electrons. The van der Waals surface area contributed by atoms with Crippen LogP contribution in [0.15, 0.2) is 0 Å². The zero-order chi connectivity index (χ0) is 7.40. The van der Waals surface area contributed by atoms with Gasteiger partial charge in [0.2, 0.25) is 0 Å². The molecule has 60 valence electrons. The maximum atomic E-state index is 5.65. The standard InChI is InChI=1S/C8H16ClN/c1-8(4-5-9)10-6-2-3-7-10/h8H,2-7H2,1H3/t8-/m0/s1. The van der Waals surface area contributed by atoms with Gasteiger partial charge in [0.15, 0.2) is 0 Å². The molecule has 10 heavy (non-hydrogen) atoms. The number of likely N-dealkylation sites (tertiary alicyclic amines) is 1. The lowest BCUT2D eigenvalue weighted by molar-refractivity contribution is 0.254. The zero-order valence-electron chi connectivity index (χ0n) is 6.65. The Bertz CT molecular complexity index is 89.3. The van der Waals surface area contributed by atoms with E-state index in [0.717, 1.165) is 12.3 Å². The summed E-state index contributed by atoms with van der Waals surface area (Å²) in [5.74, 6) is 0.803. The zero-order valence-corrected chi connectivity index (χ0v) is 7.40. The van der Waals surface area contributed by atoms with E-state index in [1.54, 1.807) is 0 Å². The molecule has 0 amide bonds. The smallest absolute Gasteiger partial charge is 0.0238 e. The summed E-state index contributed by atoms with van der Waals surface area (Å²) in [5, 5.41) is 0. The Morgan fingerprint density at radius 3 is 2.50 bits per heavy atom. The van der Waals surface area contributed by atoms with Crippen LogP contribution in [-0.2, 0) is 0 Å². The van der Waals surface area contributed by atoms with Crippen LogP contribution in [0.25, 0.3) is 0 Å². The summed E-state index contributed by atoms with van der Waals surface area (Å²) in [4.78, 5) is 2.53. The summed E-state index contributed by atoms with van der Waals surface area (Å²) in [7, 11) is 0. The van der Waals surface area contributed by atoms with Gasteiger partial charge < -0.3 is 4.90 Å². The molecule has 1 fully saturated rings. The fourth-order valence-corrected chi connectivity index (χ4v) is 1.84. The Hall–Kier alpha value is 0.250. The van der Waals surface area contributed by atoms with E-state index in [9.17, 15) is 0 Å². The van der Waals surface area contributed by atoms with Crippen LogP contribution in [0.1, 0.15) is 26.2 Å². The predicted molar refractivity (Wildman–Crippen MR) is 45.6 cm³/mol. The average Bonchev–Trinajstić information content (AvgIpc) is 2.38. The Balaban J connectivity index is 2.18. The second-order valence-electron chi connectivity index (χ2n) is 3.07. The largest absolute Gasteiger partial charge is 0.301 e. The van der Waals surface area contributed by atoms with Crippen LogP contribution in [-0.4, -0.2) is 29.9 Å². The van der Waals surface area contributed by atoms with E-state index in [-0.39, 0.29) is 0 Å². The molecular formula is C8H16ClN. The summed E-state index contributed by atoms with van der Waals surface area (Å²) in [6.07, 6.45) is 3.90. The monoisotopic (exact) mass is 161 g/mol. The highest BCUT2D eigenvalue weighted by molar-refractivity contribution is 6.17. The van der Waals surface area contributed by atoms with Crippen molar-refractivity contribution in [2.45, 2.75) is 32.2 Å². The van der Waals surface area contributed by atoms with Gasteiger partial charge in [0.1, 0.15) is 0 Å². The minimum absolute atomic E-state index is 0.708. The quantitative estimate of drug-likeness (QED) is 0.574. The van der Waals surface area contributed by atoms with Crippen LogP contribution in [0.4, 0.5) is 0 Å². The summed E-state index contributed by atoms with van der Waals surface area (Å²) in [6.45, 7) is 4.85. The van der Waals surface area contributed by atoms with Crippen LogP contribution in [0.3, 0.4) is 0 Å². The highest BCUT2D eigenvalue weighted by Gasteiger charge is 2.16. The van der Waals surface area contributed by atoms with Crippen molar-refractivity contribution in [2.75, 3.05) is 19.0 Å². The number of rotatable bonds is 3. The Morgan fingerprint density at radius 1 is 1.40 bits per heavy atom. The van der Waals surface area contributed by atoms with Gasteiger partial charge in [-0.1, -0.05) is 0 Å². The van der Waals surface area contributed by atoms with Crippen molar-refractivity contribution in [1.82, 2.24) is 4.90 Å². The van der Waals surface area contributed by atoms with Gasteiger partial charge in [-0.15, -0.1) is 11.6 Å². The minimum Gasteiger partial charge on any atom is -0.301 e. The Kier molecular flexibility index (Phi) is 3.50. The SMILES string of the molecule is C[C@@H](CCCl)N1CCCC1. The van der Waals surface area contributed by atoms with Crippen molar-refractivity contribution in [3.63, 3.8) is 0 Å². The van der Waals surface area contributed by atoms with Crippen molar-refractivity contribution in [2.24, 2.45) is 0 Å². The lowest BCUT2D eigenvalue weighted by Gasteiger charge is -2.22. The molecule has 0 aromatic rings. The summed E-state index contributed by atoms with van der Waals surface area (Å²) in [5.41, 5.74) is 0. The maximum absolute atomic E-state index is 5.65. The van der Waals surface area contributed by atoms with Crippen LogP contribution >= 0.6 is 11.6 Å². The molecule has 1 saturated heterocycles. The number of hydrogen-bond acceptors (Lipinski definition) is 1. The van der Waals surface area contributed by atoms with Gasteiger partial charge in [0.05, 0.1) is 0 Å². The lowest BCUT2D eigenvalue weighted by atomic mass is 10.2. The van der Waals surface area contributed by atoms with Gasteiger partial charge in [0.25, 0.3) is 0 Å². The van der Waals surface area contributed by atoms with Crippen LogP contribution < -0.4 is 0 Å². The van der Waals surface area contributed by atoms with E-state index in [0.29, 0.717) is 6.04 Å². The molecule has 0 N–H and O–H groups in total. The summed E-state index contributed by atoms with van der Waals surface area (Å²) < 4.78 is 0. The van der Waals surface area contributed by atoms with E-state index >= 15 is 0 Å². The van der Waals surface area contributed by atoms with Crippen molar-refractivity contribution >= 4 is 11.6 Å². The van der Waals surface area contributed by atoms with Crippen molar-refractivity contribution < 1.29 is 0 Å². The second kappa shape index (κ2) is 4.20. The normalized spacial score (nSPS) is 23.4. The highest BCUT2D eigenvalue weighted by atomic mass is 35.5. The van der Waals surface area contributed by atoms with Gasteiger partial charge in [-0.2, -0.15) is 0 Å². The lowest BCUT2D eigenvalue weighted by Crippen LogP contribution is -2.30. The van der Waals surface area contributed by atoms with Crippen LogP contribution in [0.5, 0.6) is 0 Å². The average molecular weight is 162 g/mol. The molecule has 0 aromatic heterocycles. The first kappa shape index (κ1) is 8.35. The van der Waals surface area contributed by atoms with Gasteiger partial charge in [-0.05, 0) is 39.3 Å². The van der Waals surface area contributed by atoms with Gasteiger partial charge >= 0.3 is 0 Å². The van der Waals surface area contributed by atoms with Crippen molar-refractivity contribution in [3.05, 3.63) is 0 Å². The first-order chi connectivity index (χ1) is 4.84. The molecule has 1 rings (SSSR count). The maximum Gasteiger partial charge on any atom is 0.0238 e. The third-order valence-corrected chi connectivity index (χ3v) is 2.51. The predicted octanol–water partition coefficient (Wildman–Crippen LogP) is 2.10. The fourth-order valence-electron chi connectivity index (χ4n) is 1.52. The Morgan fingerprint density at radius 2 is 2.00 bits per heavy atom. The number of halogens is 1. The molecule has 0 spiro atoms. The molecule has 1 atom stereocenters. The minimum atomic E-state index is 0.708. The van der Waals surface area contributed by atoms with Gasteiger partial charge in [-0.3, -0.25) is 0 Å².